The second-order valence-corrected chi connectivity index (χ2v) is 7.00. The molecule has 2 rings (SSSR count). The Morgan fingerprint density at radius 2 is 1.60 bits per heavy atom. The fraction of sp³-hybridized carbons (Fsp3) is 0.318. The van der Waals surface area contributed by atoms with Gasteiger partial charge < -0.3 is 15.4 Å². The van der Waals surface area contributed by atoms with Crippen LogP contribution in [0.25, 0.3) is 0 Å². The lowest BCUT2D eigenvalue weighted by Crippen LogP contribution is -2.46. The van der Waals surface area contributed by atoms with Crippen LogP contribution in [0.3, 0.4) is 0 Å². The normalized spacial score (nSPS) is 11.7. The minimum Gasteiger partial charge on any atom is -0.454 e. The highest BCUT2D eigenvalue weighted by Gasteiger charge is 2.28. The van der Waals surface area contributed by atoms with Gasteiger partial charge in [0, 0.05) is 5.69 Å². The summed E-state index contributed by atoms with van der Waals surface area (Å²) in [4.78, 5) is 36.6. The number of carbonyl (C=O) groups is 3. The number of benzene rings is 2. The van der Waals surface area contributed by atoms with Gasteiger partial charge in [0.05, 0.1) is 0 Å². The van der Waals surface area contributed by atoms with Gasteiger partial charge in [-0.3, -0.25) is 9.59 Å². The third-order valence-corrected chi connectivity index (χ3v) is 4.39. The maximum atomic E-state index is 13.8. The number of hydrogen-bond acceptors (Lipinski definition) is 4. The van der Waals surface area contributed by atoms with Crippen molar-refractivity contribution in [3.63, 3.8) is 0 Å². The molecule has 2 amide bonds. The van der Waals surface area contributed by atoms with Crippen molar-refractivity contribution in [2.75, 3.05) is 11.9 Å². The Bertz CT molecular complexity index is 894. The first-order valence-corrected chi connectivity index (χ1v) is 9.53. The lowest BCUT2D eigenvalue weighted by atomic mass is 10.0. The van der Waals surface area contributed by atoms with Gasteiger partial charge in [-0.05, 0) is 42.2 Å². The van der Waals surface area contributed by atoms with E-state index in [0.717, 1.165) is 30.2 Å². The standard InChI is InChI=1S/C22H24F2N2O4/c1-4-14-8-10-15(11-9-14)25-18(27)12-30-22(29)20(13(2)3)26-21(28)19-16(23)6-5-7-17(19)24/h5-11,13,20H,4,12H2,1-3H3,(H,25,27)(H,26,28)/t20-/m0/s1. The van der Waals surface area contributed by atoms with Gasteiger partial charge in [-0.1, -0.05) is 39.0 Å². The maximum Gasteiger partial charge on any atom is 0.329 e. The Morgan fingerprint density at radius 3 is 2.13 bits per heavy atom. The number of nitrogens with one attached hydrogen (secondary N) is 2. The first-order chi connectivity index (χ1) is 14.2. The van der Waals surface area contributed by atoms with Crippen molar-refractivity contribution in [2.45, 2.75) is 33.2 Å². The third-order valence-electron chi connectivity index (χ3n) is 4.39. The van der Waals surface area contributed by atoms with Gasteiger partial charge in [0.25, 0.3) is 11.8 Å². The number of hydrogen-bond donors (Lipinski definition) is 2. The second-order valence-electron chi connectivity index (χ2n) is 7.00. The van der Waals surface area contributed by atoms with Crippen LogP contribution in [0.1, 0.15) is 36.7 Å². The number of amides is 2. The van der Waals surface area contributed by atoms with E-state index in [1.165, 1.54) is 0 Å². The minimum atomic E-state index is -1.19. The highest BCUT2D eigenvalue weighted by Crippen LogP contribution is 2.14. The van der Waals surface area contributed by atoms with Crippen molar-refractivity contribution >= 4 is 23.5 Å². The van der Waals surface area contributed by atoms with Gasteiger partial charge in [0.1, 0.15) is 23.2 Å². The molecule has 8 heteroatoms. The molecule has 6 nitrogen and oxygen atoms in total. The van der Waals surface area contributed by atoms with Gasteiger partial charge in [0.2, 0.25) is 0 Å². The summed E-state index contributed by atoms with van der Waals surface area (Å²) < 4.78 is 32.6. The number of esters is 1. The van der Waals surface area contributed by atoms with Gasteiger partial charge in [0.15, 0.2) is 6.61 Å². The first kappa shape index (κ1) is 23.0. The SMILES string of the molecule is CCc1ccc(NC(=O)COC(=O)[C@@H](NC(=O)c2c(F)cccc2F)C(C)C)cc1. The van der Waals surface area contributed by atoms with Crippen LogP contribution in [0.4, 0.5) is 14.5 Å². The molecule has 2 N–H and O–H groups in total. The number of anilines is 1. The summed E-state index contributed by atoms with van der Waals surface area (Å²) in [5.74, 6) is -5.05. The molecule has 0 aliphatic rings. The van der Waals surface area contributed by atoms with Gasteiger partial charge in [-0.25, -0.2) is 13.6 Å². The van der Waals surface area contributed by atoms with Gasteiger partial charge in [-0.15, -0.1) is 0 Å². The Kier molecular flexibility index (Phi) is 8.03. The molecule has 1 atom stereocenters. The third kappa shape index (κ3) is 6.10. The van der Waals surface area contributed by atoms with Crippen molar-refractivity contribution in [3.8, 4) is 0 Å². The summed E-state index contributed by atoms with van der Waals surface area (Å²) in [5, 5.41) is 4.87. The van der Waals surface area contributed by atoms with Crippen molar-refractivity contribution in [1.82, 2.24) is 5.32 Å². The summed E-state index contributed by atoms with van der Waals surface area (Å²) in [6, 6.07) is 9.03. The number of ether oxygens (including phenoxy) is 1. The van der Waals surface area contributed by atoms with E-state index in [-0.39, 0.29) is 0 Å². The van der Waals surface area contributed by atoms with Crippen LogP contribution in [0.5, 0.6) is 0 Å². The fourth-order valence-corrected chi connectivity index (χ4v) is 2.67. The Morgan fingerprint density at radius 1 is 1.00 bits per heavy atom. The number of rotatable bonds is 8. The van der Waals surface area contributed by atoms with E-state index in [1.54, 1.807) is 26.0 Å². The molecule has 0 unspecified atom stereocenters. The average molecular weight is 418 g/mol. The van der Waals surface area contributed by atoms with Gasteiger partial charge >= 0.3 is 5.97 Å². The topological polar surface area (TPSA) is 84.5 Å². The minimum absolute atomic E-state index is 0.444. The second kappa shape index (κ2) is 10.5. The summed E-state index contributed by atoms with van der Waals surface area (Å²) in [6.07, 6.45) is 0.866. The van der Waals surface area contributed by atoms with Crippen LogP contribution in [-0.4, -0.2) is 30.4 Å². The number of halogens is 2. The Balaban J connectivity index is 1.96. The van der Waals surface area contributed by atoms with Crippen molar-refractivity contribution in [1.29, 1.82) is 0 Å². The van der Waals surface area contributed by atoms with Crippen LogP contribution in [-0.2, 0) is 20.7 Å². The molecule has 30 heavy (non-hydrogen) atoms. The molecule has 0 spiro atoms. The van der Waals surface area contributed by atoms with E-state index >= 15 is 0 Å². The van der Waals surface area contributed by atoms with E-state index in [2.05, 4.69) is 10.6 Å². The monoisotopic (exact) mass is 418 g/mol. The molecule has 0 saturated heterocycles. The predicted molar refractivity (Wildman–Crippen MR) is 108 cm³/mol. The van der Waals surface area contributed by atoms with E-state index in [0.29, 0.717) is 5.69 Å². The van der Waals surface area contributed by atoms with Crippen LogP contribution < -0.4 is 10.6 Å². The maximum absolute atomic E-state index is 13.8. The molecule has 0 saturated carbocycles. The molecule has 0 aromatic heterocycles. The summed E-state index contributed by atoms with van der Waals surface area (Å²) in [5.41, 5.74) is 0.877. The number of aryl methyl sites for hydroxylation is 1. The molecule has 0 fully saturated rings. The molecule has 0 radical (unpaired) electrons. The van der Waals surface area contributed by atoms with Crippen molar-refractivity contribution < 1.29 is 27.9 Å². The number of carbonyl (C=O) groups excluding carboxylic acids is 3. The predicted octanol–water partition coefficient (Wildman–Crippen LogP) is 3.46. The molecule has 2 aromatic rings. The quantitative estimate of drug-likeness (QED) is 0.643. The lowest BCUT2D eigenvalue weighted by Gasteiger charge is -2.21. The molecule has 0 heterocycles. The molecule has 2 aromatic carbocycles. The van der Waals surface area contributed by atoms with Crippen LogP contribution in [0.15, 0.2) is 42.5 Å². The van der Waals surface area contributed by atoms with Gasteiger partial charge in [-0.2, -0.15) is 0 Å². The highest BCUT2D eigenvalue weighted by atomic mass is 19.1. The molecule has 0 aliphatic heterocycles. The van der Waals surface area contributed by atoms with Crippen molar-refractivity contribution in [3.05, 3.63) is 65.2 Å². The Labute approximate surface area is 173 Å². The van der Waals surface area contributed by atoms with E-state index in [1.807, 2.05) is 19.1 Å². The Hall–Kier alpha value is -3.29. The molecule has 0 aliphatic carbocycles. The zero-order valence-corrected chi connectivity index (χ0v) is 17.0. The smallest absolute Gasteiger partial charge is 0.329 e. The molecule has 0 bridgehead atoms. The summed E-state index contributed by atoms with van der Waals surface area (Å²) in [6.45, 7) is 4.69. The summed E-state index contributed by atoms with van der Waals surface area (Å²) >= 11 is 0. The fourth-order valence-electron chi connectivity index (χ4n) is 2.67. The highest BCUT2D eigenvalue weighted by molar-refractivity contribution is 5.98. The van der Waals surface area contributed by atoms with Crippen molar-refractivity contribution in [2.24, 2.45) is 5.92 Å². The van der Waals surface area contributed by atoms with E-state index in [4.69, 9.17) is 4.74 Å². The lowest BCUT2D eigenvalue weighted by molar-refractivity contribution is -0.150. The zero-order valence-electron chi connectivity index (χ0n) is 17.0. The molecular weight excluding hydrogens is 394 g/mol. The van der Waals surface area contributed by atoms with Crippen LogP contribution >= 0.6 is 0 Å². The molecule has 160 valence electrons. The van der Waals surface area contributed by atoms with E-state index in [9.17, 15) is 23.2 Å². The zero-order chi connectivity index (χ0) is 22.3. The average Bonchev–Trinajstić information content (AvgIpc) is 2.70. The first-order valence-electron chi connectivity index (χ1n) is 9.53. The summed E-state index contributed by atoms with van der Waals surface area (Å²) in [7, 11) is 0. The van der Waals surface area contributed by atoms with E-state index < -0.39 is 53.5 Å². The largest absolute Gasteiger partial charge is 0.454 e. The molecular formula is C22H24F2N2O4. The van der Waals surface area contributed by atoms with Crippen LogP contribution in [0, 0.1) is 17.6 Å². The van der Waals surface area contributed by atoms with Crippen LogP contribution in [0.2, 0.25) is 0 Å².